The maximum absolute atomic E-state index is 11.1. The van der Waals surface area contributed by atoms with Crippen LogP contribution in [0, 0.1) is 0 Å². The van der Waals surface area contributed by atoms with Crippen LogP contribution in [0.15, 0.2) is 18.2 Å². The highest BCUT2D eigenvalue weighted by Crippen LogP contribution is 2.25. The molecule has 0 radical (unpaired) electrons. The summed E-state index contributed by atoms with van der Waals surface area (Å²) in [6.07, 6.45) is 0.963. The standard InChI is InChI=1S/C11H15NO3/c1-3-7(2)8-4-5-9(10(13)6-8)11(14)12-15/h4-7,13,15H,3H2,1-2H3,(H,12,14)/t7-/m1/s1. The quantitative estimate of drug-likeness (QED) is 0.527. The number of benzene rings is 1. The van der Waals surface area contributed by atoms with Crippen molar-refractivity contribution in [1.82, 2.24) is 5.48 Å². The van der Waals surface area contributed by atoms with Gasteiger partial charge in [-0.05, 0) is 30.0 Å². The fraction of sp³-hybridized carbons (Fsp3) is 0.364. The average Bonchev–Trinajstić information content (AvgIpc) is 2.26. The molecule has 0 heterocycles. The minimum Gasteiger partial charge on any atom is -0.507 e. The summed E-state index contributed by atoms with van der Waals surface area (Å²) in [5.74, 6) is -0.482. The Bertz CT molecular complexity index is 363. The number of nitrogens with one attached hydrogen (secondary N) is 1. The van der Waals surface area contributed by atoms with Crippen molar-refractivity contribution in [3.05, 3.63) is 29.3 Å². The Kier molecular flexibility index (Phi) is 3.68. The normalized spacial score (nSPS) is 12.2. The molecule has 0 aromatic heterocycles. The third-order valence-corrected chi connectivity index (χ3v) is 2.55. The van der Waals surface area contributed by atoms with E-state index in [1.54, 1.807) is 12.1 Å². The topological polar surface area (TPSA) is 69.6 Å². The van der Waals surface area contributed by atoms with Gasteiger partial charge in [0.05, 0.1) is 5.56 Å². The average molecular weight is 209 g/mol. The SMILES string of the molecule is CC[C@@H](C)c1ccc(C(=O)NO)c(O)c1. The number of phenols is 1. The Hall–Kier alpha value is -1.55. The Labute approximate surface area is 88.5 Å². The number of amides is 1. The van der Waals surface area contributed by atoms with Gasteiger partial charge in [0.15, 0.2) is 0 Å². The van der Waals surface area contributed by atoms with Crippen LogP contribution in [0.1, 0.15) is 42.1 Å². The lowest BCUT2D eigenvalue weighted by Gasteiger charge is -2.10. The molecule has 82 valence electrons. The fourth-order valence-electron chi connectivity index (χ4n) is 1.34. The van der Waals surface area contributed by atoms with Crippen molar-refractivity contribution in [2.75, 3.05) is 0 Å². The van der Waals surface area contributed by atoms with Crippen LogP contribution in [-0.2, 0) is 0 Å². The molecular formula is C11H15NO3. The molecule has 0 bridgehead atoms. The summed E-state index contributed by atoms with van der Waals surface area (Å²) in [5, 5.41) is 18.0. The van der Waals surface area contributed by atoms with Crippen molar-refractivity contribution in [2.45, 2.75) is 26.2 Å². The van der Waals surface area contributed by atoms with Gasteiger partial charge in [0.2, 0.25) is 0 Å². The van der Waals surface area contributed by atoms with Crippen molar-refractivity contribution >= 4 is 5.91 Å². The van der Waals surface area contributed by atoms with Crippen molar-refractivity contribution < 1.29 is 15.1 Å². The molecule has 0 aliphatic carbocycles. The van der Waals surface area contributed by atoms with E-state index >= 15 is 0 Å². The van der Waals surface area contributed by atoms with Gasteiger partial charge in [-0.2, -0.15) is 0 Å². The molecule has 15 heavy (non-hydrogen) atoms. The molecule has 0 aliphatic heterocycles. The molecule has 0 saturated carbocycles. The molecule has 1 rings (SSSR count). The molecule has 0 aliphatic rings. The second kappa shape index (κ2) is 4.79. The van der Waals surface area contributed by atoms with Crippen LogP contribution in [0.4, 0.5) is 0 Å². The lowest BCUT2D eigenvalue weighted by molar-refractivity contribution is 0.0703. The van der Waals surface area contributed by atoms with Gasteiger partial charge in [0.25, 0.3) is 5.91 Å². The summed E-state index contributed by atoms with van der Waals surface area (Å²) in [4.78, 5) is 11.1. The first-order valence-corrected chi connectivity index (χ1v) is 4.87. The summed E-state index contributed by atoms with van der Waals surface area (Å²) < 4.78 is 0. The summed E-state index contributed by atoms with van der Waals surface area (Å²) in [6.45, 7) is 4.09. The Morgan fingerprint density at radius 1 is 1.53 bits per heavy atom. The van der Waals surface area contributed by atoms with Gasteiger partial charge < -0.3 is 5.11 Å². The zero-order valence-corrected chi connectivity index (χ0v) is 8.82. The highest BCUT2D eigenvalue weighted by atomic mass is 16.5. The summed E-state index contributed by atoms with van der Waals surface area (Å²) in [6, 6.07) is 4.83. The van der Waals surface area contributed by atoms with Crippen molar-refractivity contribution in [3.63, 3.8) is 0 Å². The third kappa shape index (κ3) is 2.47. The van der Waals surface area contributed by atoms with E-state index in [1.807, 2.05) is 6.92 Å². The molecule has 0 spiro atoms. The van der Waals surface area contributed by atoms with Gasteiger partial charge in [-0.1, -0.05) is 19.9 Å². The molecule has 1 atom stereocenters. The number of carbonyl (C=O) groups is 1. The summed E-state index contributed by atoms with van der Waals surface area (Å²) >= 11 is 0. The molecule has 4 nitrogen and oxygen atoms in total. The molecule has 1 amide bonds. The first-order valence-electron chi connectivity index (χ1n) is 4.87. The van der Waals surface area contributed by atoms with E-state index < -0.39 is 5.91 Å². The van der Waals surface area contributed by atoms with Crippen LogP contribution in [-0.4, -0.2) is 16.2 Å². The van der Waals surface area contributed by atoms with Crippen LogP contribution in [0.3, 0.4) is 0 Å². The van der Waals surface area contributed by atoms with Crippen molar-refractivity contribution in [2.24, 2.45) is 0 Å². The minimum atomic E-state index is -0.705. The van der Waals surface area contributed by atoms with E-state index in [1.165, 1.54) is 11.5 Å². The van der Waals surface area contributed by atoms with Gasteiger partial charge in [-0.15, -0.1) is 0 Å². The van der Waals surface area contributed by atoms with Crippen LogP contribution >= 0.6 is 0 Å². The molecule has 4 heteroatoms. The number of rotatable bonds is 3. The first-order chi connectivity index (χ1) is 7.10. The highest BCUT2D eigenvalue weighted by Gasteiger charge is 2.12. The predicted octanol–water partition coefficient (Wildman–Crippen LogP) is 2.02. The van der Waals surface area contributed by atoms with Gasteiger partial charge in [-0.3, -0.25) is 10.0 Å². The van der Waals surface area contributed by atoms with Crippen molar-refractivity contribution in [3.8, 4) is 5.75 Å². The Balaban J connectivity index is 3.03. The van der Waals surface area contributed by atoms with Gasteiger partial charge >= 0.3 is 0 Å². The number of phenolic OH excluding ortho intramolecular Hbond substituents is 1. The van der Waals surface area contributed by atoms with Crippen LogP contribution in [0.2, 0.25) is 0 Å². The molecule has 0 saturated heterocycles. The maximum atomic E-state index is 11.1. The van der Waals surface area contributed by atoms with E-state index in [-0.39, 0.29) is 11.3 Å². The van der Waals surface area contributed by atoms with Crippen LogP contribution < -0.4 is 5.48 Å². The zero-order chi connectivity index (χ0) is 11.4. The number of hydrogen-bond acceptors (Lipinski definition) is 3. The smallest absolute Gasteiger partial charge is 0.278 e. The first kappa shape index (κ1) is 11.5. The summed E-state index contributed by atoms with van der Waals surface area (Å²) in [5.41, 5.74) is 2.54. The maximum Gasteiger partial charge on any atom is 0.278 e. The minimum absolute atomic E-state index is 0.0737. The molecule has 3 N–H and O–H groups in total. The lowest BCUT2D eigenvalue weighted by Crippen LogP contribution is -2.18. The van der Waals surface area contributed by atoms with Gasteiger partial charge in [-0.25, -0.2) is 5.48 Å². The van der Waals surface area contributed by atoms with E-state index in [9.17, 15) is 9.90 Å². The largest absolute Gasteiger partial charge is 0.507 e. The molecule has 0 fully saturated rings. The van der Waals surface area contributed by atoms with Crippen LogP contribution in [0.5, 0.6) is 5.75 Å². The van der Waals surface area contributed by atoms with Crippen molar-refractivity contribution in [1.29, 1.82) is 0 Å². The Morgan fingerprint density at radius 2 is 2.20 bits per heavy atom. The van der Waals surface area contributed by atoms with Gasteiger partial charge in [0.1, 0.15) is 5.75 Å². The zero-order valence-electron chi connectivity index (χ0n) is 8.82. The molecule has 0 unspecified atom stereocenters. The predicted molar refractivity (Wildman–Crippen MR) is 56.1 cm³/mol. The van der Waals surface area contributed by atoms with E-state index in [2.05, 4.69) is 6.92 Å². The second-order valence-electron chi connectivity index (χ2n) is 3.53. The van der Waals surface area contributed by atoms with Crippen LogP contribution in [0.25, 0.3) is 0 Å². The second-order valence-corrected chi connectivity index (χ2v) is 3.53. The monoisotopic (exact) mass is 209 g/mol. The number of aromatic hydroxyl groups is 1. The van der Waals surface area contributed by atoms with Gasteiger partial charge in [0, 0.05) is 0 Å². The number of hydroxylamine groups is 1. The number of carbonyl (C=O) groups excluding carboxylic acids is 1. The Morgan fingerprint density at radius 3 is 2.67 bits per heavy atom. The highest BCUT2D eigenvalue weighted by molar-refractivity contribution is 5.96. The van der Waals surface area contributed by atoms with E-state index in [0.717, 1.165) is 12.0 Å². The lowest BCUT2D eigenvalue weighted by atomic mass is 9.97. The van der Waals surface area contributed by atoms with E-state index in [0.29, 0.717) is 5.92 Å². The number of hydrogen-bond donors (Lipinski definition) is 3. The third-order valence-electron chi connectivity index (χ3n) is 2.55. The molecule has 1 aromatic rings. The molecular weight excluding hydrogens is 194 g/mol. The summed E-state index contributed by atoms with van der Waals surface area (Å²) in [7, 11) is 0. The fourth-order valence-corrected chi connectivity index (χ4v) is 1.34. The van der Waals surface area contributed by atoms with E-state index in [4.69, 9.17) is 5.21 Å². The molecule has 1 aromatic carbocycles.